The minimum atomic E-state index is 0.132. The van der Waals surface area contributed by atoms with Gasteiger partial charge in [0.2, 0.25) is 0 Å². The summed E-state index contributed by atoms with van der Waals surface area (Å²) < 4.78 is 2.17. The molecule has 0 radical (unpaired) electrons. The summed E-state index contributed by atoms with van der Waals surface area (Å²) in [5, 5.41) is 1.86. The molecule has 0 aromatic carbocycles. The maximum atomic E-state index is 5.77. The molecule has 18 heavy (non-hydrogen) atoms. The van der Waals surface area contributed by atoms with Crippen molar-refractivity contribution in [2.24, 2.45) is 5.84 Å². The van der Waals surface area contributed by atoms with Crippen molar-refractivity contribution in [3.8, 4) is 0 Å². The van der Waals surface area contributed by atoms with Crippen LogP contribution in [-0.2, 0) is 6.54 Å². The quantitative estimate of drug-likeness (QED) is 0.655. The molecule has 2 rings (SSSR count). The monoisotopic (exact) mass is 286 g/mol. The Hall–Kier alpha value is -0.170. The van der Waals surface area contributed by atoms with E-state index in [0.29, 0.717) is 10.5 Å². The van der Waals surface area contributed by atoms with E-state index in [1.165, 1.54) is 0 Å². The summed E-state index contributed by atoms with van der Waals surface area (Å²) in [4.78, 5) is 4.48. The summed E-state index contributed by atoms with van der Waals surface area (Å²) in [5.74, 6) is 7.95. The Kier molecular flexibility index (Phi) is 5.00. The number of nitrogens with one attached hydrogen (secondary N) is 1. The number of aromatic nitrogens is 2. The molecule has 102 valence electrons. The van der Waals surface area contributed by atoms with E-state index >= 15 is 0 Å². The van der Waals surface area contributed by atoms with E-state index in [-0.39, 0.29) is 6.04 Å². The van der Waals surface area contributed by atoms with Gasteiger partial charge in [-0.05, 0) is 6.92 Å². The predicted molar refractivity (Wildman–Crippen MR) is 80.7 cm³/mol. The zero-order valence-corrected chi connectivity index (χ0v) is 12.8. The van der Waals surface area contributed by atoms with Gasteiger partial charge in [0, 0.05) is 40.4 Å². The molecule has 4 atom stereocenters. The first-order valence-electron chi connectivity index (χ1n) is 6.41. The molecule has 1 fully saturated rings. The number of hydrogen-bond acceptors (Lipinski definition) is 5. The summed E-state index contributed by atoms with van der Waals surface area (Å²) in [6, 6.07) is 0.132. The summed E-state index contributed by atoms with van der Waals surface area (Å²) in [6.45, 7) is 7.67. The first-order chi connectivity index (χ1) is 8.67. The maximum Gasteiger partial charge on any atom is 0.128 e. The van der Waals surface area contributed by atoms with Crippen LogP contribution in [0.3, 0.4) is 0 Å². The minimum absolute atomic E-state index is 0.132. The Morgan fingerprint density at radius 1 is 1.56 bits per heavy atom. The van der Waals surface area contributed by atoms with Crippen molar-refractivity contribution >= 4 is 23.5 Å². The van der Waals surface area contributed by atoms with Gasteiger partial charge in [-0.25, -0.2) is 10.4 Å². The van der Waals surface area contributed by atoms with Crippen LogP contribution in [0, 0.1) is 0 Å². The third kappa shape index (κ3) is 2.87. The van der Waals surface area contributed by atoms with Gasteiger partial charge in [-0.15, -0.1) is 0 Å². The van der Waals surface area contributed by atoms with E-state index in [2.05, 4.69) is 35.7 Å². The van der Waals surface area contributed by atoms with Gasteiger partial charge in [-0.2, -0.15) is 23.5 Å². The summed E-state index contributed by atoms with van der Waals surface area (Å²) >= 11 is 4.06. The molecule has 1 aliphatic heterocycles. The molecule has 0 bridgehead atoms. The minimum Gasteiger partial charge on any atom is -0.334 e. The zero-order chi connectivity index (χ0) is 13.1. The number of imidazole rings is 1. The molecule has 0 aliphatic carbocycles. The van der Waals surface area contributed by atoms with Gasteiger partial charge in [0.1, 0.15) is 5.82 Å². The van der Waals surface area contributed by atoms with Crippen LogP contribution in [0.25, 0.3) is 0 Å². The number of nitrogens with two attached hydrogens (primary N) is 1. The van der Waals surface area contributed by atoms with E-state index < -0.39 is 0 Å². The van der Waals surface area contributed by atoms with Crippen LogP contribution in [0.5, 0.6) is 0 Å². The van der Waals surface area contributed by atoms with Gasteiger partial charge in [0.05, 0.1) is 6.04 Å². The lowest BCUT2D eigenvalue weighted by atomic mass is 10.2. The highest BCUT2D eigenvalue weighted by atomic mass is 32.2. The van der Waals surface area contributed by atoms with E-state index in [0.717, 1.165) is 23.4 Å². The number of nitrogens with zero attached hydrogens (tertiary/aromatic N) is 2. The molecule has 6 heteroatoms. The lowest BCUT2D eigenvalue weighted by Gasteiger charge is -2.35. The second-order valence-corrected chi connectivity index (χ2v) is 7.67. The van der Waals surface area contributed by atoms with Crippen molar-refractivity contribution in [1.82, 2.24) is 15.0 Å². The number of hydrazine groups is 1. The standard InChI is InChI=1S/C12H22N4S2/c1-4-16-6-5-14-12(16)11(15-13)10-7-17-8(2)9(3)18-10/h5-6,8-11,15H,4,7,13H2,1-3H3. The van der Waals surface area contributed by atoms with Crippen molar-refractivity contribution in [2.45, 2.75) is 49.1 Å². The molecule has 1 aromatic heterocycles. The lowest BCUT2D eigenvalue weighted by Crippen LogP contribution is -2.41. The van der Waals surface area contributed by atoms with Gasteiger partial charge in [0.25, 0.3) is 0 Å². The number of aryl methyl sites for hydroxylation is 1. The van der Waals surface area contributed by atoms with E-state index in [1.807, 2.05) is 35.9 Å². The van der Waals surface area contributed by atoms with Crippen molar-refractivity contribution in [1.29, 1.82) is 0 Å². The fraction of sp³-hybridized carbons (Fsp3) is 0.750. The third-order valence-corrected chi connectivity index (χ3v) is 6.99. The molecular formula is C12H22N4S2. The third-order valence-electron chi connectivity index (χ3n) is 3.49. The molecule has 0 amide bonds. The van der Waals surface area contributed by atoms with Gasteiger partial charge >= 0.3 is 0 Å². The molecule has 0 saturated carbocycles. The van der Waals surface area contributed by atoms with E-state index in [9.17, 15) is 0 Å². The highest BCUT2D eigenvalue weighted by molar-refractivity contribution is 8.07. The molecule has 4 nitrogen and oxygen atoms in total. The number of hydrogen-bond donors (Lipinski definition) is 2. The van der Waals surface area contributed by atoms with Crippen LogP contribution in [0.1, 0.15) is 32.6 Å². The zero-order valence-electron chi connectivity index (χ0n) is 11.2. The summed E-state index contributed by atoms with van der Waals surface area (Å²) in [6.07, 6.45) is 3.88. The SMILES string of the molecule is CCn1ccnc1C(NN)C1CSC(C)C(C)S1. The predicted octanol–water partition coefficient (Wildman–Crippen LogP) is 2.03. The highest BCUT2D eigenvalue weighted by Crippen LogP contribution is 2.40. The smallest absolute Gasteiger partial charge is 0.128 e. The van der Waals surface area contributed by atoms with Gasteiger partial charge in [0.15, 0.2) is 0 Å². The molecular weight excluding hydrogens is 264 g/mol. The van der Waals surface area contributed by atoms with Gasteiger partial charge in [-0.3, -0.25) is 5.84 Å². The first-order valence-corrected chi connectivity index (χ1v) is 8.40. The average molecular weight is 286 g/mol. The molecule has 0 spiro atoms. The Bertz CT molecular complexity index is 382. The fourth-order valence-electron chi connectivity index (χ4n) is 2.20. The Morgan fingerprint density at radius 2 is 2.33 bits per heavy atom. The lowest BCUT2D eigenvalue weighted by molar-refractivity contribution is 0.495. The van der Waals surface area contributed by atoms with Gasteiger partial charge in [-0.1, -0.05) is 13.8 Å². The van der Waals surface area contributed by atoms with Crippen LogP contribution in [-0.4, -0.2) is 31.1 Å². The fourth-order valence-corrected chi connectivity index (χ4v) is 5.26. The van der Waals surface area contributed by atoms with Crippen molar-refractivity contribution in [3.63, 3.8) is 0 Å². The van der Waals surface area contributed by atoms with Crippen LogP contribution in [0.4, 0.5) is 0 Å². The molecule has 4 unspecified atom stereocenters. The van der Waals surface area contributed by atoms with E-state index in [4.69, 9.17) is 5.84 Å². The summed E-state index contributed by atoms with van der Waals surface area (Å²) in [5.41, 5.74) is 2.97. The van der Waals surface area contributed by atoms with Crippen LogP contribution in [0.2, 0.25) is 0 Å². The molecule has 1 saturated heterocycles. The van der Waals surface area contributed by atoms with Crippen molar-refractivity contribution in [3.05, 3.63) is 18.2 Å². The number of thioether (sulfide) groups is 2. The summed E-state index contributed by atoms with van der Waals surface area (Å²) in [7, 11) is 0. The largest absolute Gasteiger partial charge is 0.334 e. The first kappa shape index (κ1) is 14.2. The van der Waals surface area contributed by atoms with E-state index in [1.54, 1.807) is 0 Å². The van der Waals surface area contributed by atoms with Crippen LogP contribution < -0.4 is 11.3 Å². The Labute approximate surface area is 117 Å². The Balaban J connectivity index is 2.14. The second kappa shape index (κ2) is 6.32. The number of rotatable bonds is 4. The molecule has 1 aliphatic rings. The van der Waals surface area contributed by atoms with Crippen LogP contribution >= 0.6 is 23.5 Å². The second-order valence-electron chi connectivity index (χ2n) is 4.63. The molecule has 3 N–H and O–H groups in total. The van der Waals surface area contributed by atoms with Crippen molar-refractivity contribution < 1.29 is 0 Å². The highest BCUT2D eigenvalue weighted by Gasteiger charge is 2.33. The Morgan fingerprint density at radius 3 is 2.94 bits per heavy atom. The maximum absolute atomic E-state index is 5.77. The normalized spacial score (nSPS) is 30.3. The topological polar surface area (TPSA) is 55.9 Å². The molecule has 2 heterocycles. The molecule has 1 aromatic rings. The van der Waals surface area contributed by atoms with Gasteiger partial charge < -0.3 is 4.57 Å². The van der Waals surface area contributed by atoms with Crippen molar-refractivity contribution in [2.75, 3.05) is 5.75 Å². The van der Waals surface area contributed by atoms with Crippen LogP contribution in [0.15, 0.2) is 12.4 Å². The average Bonchev–Trinajstić information content (AvgIpc) is 2.83.